The van der Waals surface area contributed by atoms with Gasteiger partial charge in [-0.05, 0) is 6.54 Å². The van der Waals surface area contributed by atoms with Crippen molar-refractivity contribution >= 4 is 22.7 Å². The van der Waals surface area contributed by atoms with E-state index in [1.54, 1.807) is 0 Å². The SMILES string of the molecule is NCCC1=NC(=O)CS1. The maximum atomic E-state index is 10.5. The largest absolute Gasteiger partial charge is 0.330 e. The molecule has 0 aromatic heterocycles. The van der Waals surface area contributed by atoms with Gasteiger partial charge in [-0.2, -0.15) is 0 Å². The smallest absolute Gasteiger partial charge is 0.256 e. The van der Waals surface area contributed by atoms with E-state index < -0.39 is 0 Å². The highest BCUT2D eigenvalue weighted by Gasteiger charge is 2.12. The van der Waals surface area contributed by atoms with E-state index in [0.29, 0.717) is 12.3 Å². The summed E-state index contributed by atoms with van der Waals surface area (Å²) in [7, 11) is 0. The van der Waals surface area contributed by atoms with Crippen LogP contribution in [0.2, 0.25) is 0 Å². The van der Waals surface area contributed by atoms with Crippen molar-refractivity contribution in [2.24, 2.45) is 10.7 Å². The summed E-state index contributed by atoms with van der Waals surface area (Å²) in [5.41, 5.74) is 5.25. The molecule has 0 saturated heterocycles. The summed E-state index contributed by atoms with van der Waals surface area (Å²) in [6.45, 7) is 0.582. The van der Waals surface area contributed by atoms with Crippen LogP contribution in [0, 0.1) is 0 Å². The van der Waals surface area contributed by atoms with Crippen LogP contribution in [-0.4, -0.2) is 23.2 Å². The lowest BCUT2D eigenvalue weighted by atomic mass is 10.5. The number of nitrogens with zero attached hydrogens (tertiary/aromatic N) is 1. The monoisotopic (exact) mass is 144 g/mol. The van der Waals surface area contributed by atoms with Crippen molar-refractivity contribution in [1.29, 1.82) is 0 Å². The molecule has 0 radical (unpaired) electrons. The Hall–Kier alpha value is -0.350. The fourth-order valence-electron chi connectivity index (χ4n) is 0.600. The Kier molecular flexibility index (Phi) is 2.24. The zero-order valence-electron chi connectivity index (χ0n) is 4.96. The molecule has 1 amide bonds. The zero-order valence-corrected chi connectivity index (χ0v) is 5.78. The summed E-state index contributed by atoms with van der Waals surface area (Å²) in [5.74, 6) is 0.485. The Labute approximate surface area is 57.7 Å². The highest BCUT2D eigenvalue weighted by atomic mass is 32.2. The molecule has 50 valence electrons. The van der Waals surface area contributed by atoms with Gasteiger partial charge >= 0.3 is 0 Å². The number of nitrogens with two attached hydrogens (primary N) is 1. The van der Waals surface area contributed by atoms with Crippen molar-refractivity contribution in [2.45, 2.75) is 6.42 Å². The number of amides is 1. The minimum atomic E-state index is -0.0246. The lowest BCUT2D eigenvalue weighted by Crippen LogP contribution is -2.02. The maximum Gasteiger partial charge on any atom is 0.256 e. The molecule has 4 heteroatoms. The van der Waals surface area contributed by atoms with Crippen molar-refractivity contribution in [1.82, 2.24) is 0 Å². The molecule has 1 aliphatic heterocycles. The Morgan fingerprint density at radius 1 is 1.78 bits per heavy atom. The van der Waals surface area contributed by atoms with Gasteiger partial charge in [-0.1, -0.05) is 0 Å². The molecule has 0 unspecified atom stereocenters. The highest BCUT2D eigenvalue weighted by Crippen LogP contribution is 2.14. The maximum absolute atomic E-state index is 10.5. The molecule has 0 saturated carbocycles. The lowest BCUT2D eigenvalue weighted by molar-refractivity contribution is -0.115. The van der Waals surface area contributed by atoms with E-state index in [9.17, 15) is 4.79 Å². The molecule has 2 N–H and O–H groups in total. The van der Waals surface area contributed by atoms with E-state index in [4.69, 9.17) is 5.73 Å². The first-order valence-corrected chi connectivity index (χ1v) is 3.75. The number of hydrogen-bond acceptors (Lipinski definition) is 3. The van der Waals surface area contributed by atoms with E-state index >= 15 is 0 Å². The van der Waals surface area contributed by atoms with E-state index in [-0.39, 0.29) is 5.91 Å². The molecule has 1 aliphatic rings. The molecule has 0 atom stereocenters. The van der Waals surface area contributed by atoms with E-state index in [1.807, 2.05) is 0 Å². The van der Waals surface area contributed by atoms with Gasteiger partial charge in [-0.25, -0.2) is 4.99 Å². The molecule has 0 fully saturated rings. The second-order valence-electron chi connectivity index (χ2n) is 1.73. The van der Waals surface area contributed by atoms with E-state index in [2.05, 4.69) is 4.99 Å². The average molecular weight is 144 g/mol. The molecule has 1 rings (SSSR count). The van der Waals surface area contributed by atoms with Crippen molar-refractivity contribution in [3.05, 3.63) is 0 Å². The molecule has 0 spiro atoms. The molecular weight excluding hydrogens is 136 g/mol. The number of carbonyl (C=O) groups excluding carboxylic acids is 1. The van der Waals surface area contributed by atoms with Crippen LogP contribution in [0.4, 0.5) is 0 Å². The lowest BCUT2D eigenvalue weighted by Gasteiger charge is -1.90. The van der Waals surface area contributed by atoms with Crippen LogP contribution >= 0.6 is 11.8 Å². The fourth-order valence-corrected chi connectivity index (χ4v) is 1.38. The van der Waals surface area contributed by atoms with Crippen molar-refractivity contribution < 1.29 is 4.79 Å². The van der Waals surface area contributed by atoms with Crippen LogP contribution in [0.1, 0.15) is 6.42 Å². The van der Waals surface area contributed by atoms with E-state index in [0.717, 1.165) is 11.5 Å². The Morgan fingerprint density at radius 3 is 3.00 bits per heavy atom. The average Bonchev–Trinajstić information content (AvgIpc) is 2.17. The summed E-state index contributed by atoms with van der Waals surface area (Å²) in [4.78, 5) is 14.2. The van der Waals surface area contributed by atoms with Crippen LogP contribution in [0.3, 0.4) is 0 Å². The number of carbonyl (C=O) groups is 1. The minimum absolute atomic E-state index is 0.0246. The van der Waals surface area contributed by atoms with Crippen LogP contribution < -0.4 is 5.73 Å². The molecule has 1 heterocycles. The van der Waals surface area contributed by atoms with Gasteiger partial charge in [0.1, 0.15) is 0 Å². The van der Waals surface area contributed by atoms with Crippen molar-refractivity contribution in [3.8, 4) is 0 Å². The van der Waals surface area contributed by atoms with E-state index in [1.165, 1.54) is 11.8 Å². The number of aliphatic imine (C=N–C) groups is 1. The predicted octanol–water partition coefficient (Wildman–Crippen LogP) is 0.00710. The minimum Gasteiger partial charge on any atom is -0.330 e. The molecule has 9 heavy (non-hydrogen) atoms. The Morgan fingerprint density at radius 2 is 2.56 bits per heavy atom. The van der Waals surface area contributed by atoms with Crippen LogP contribution in [0.15, 0.2) is 4.99 Å². The fraction of sp³-hybridized carbons (Fsp3) is 0.600. The molecule has 0 aliphatic carbocycles. The van der Waals surface area contributed by atoms with Gasteiger partial charge < -0.3 is 5.73 Å². The second kappa shape index (κ2) is 2.98. The summed E-state index contributed by atoms with van der Waals surface area (Å²) >= 11 is 1.50. The molecule has 0 aromatic carbocycles. The van der Waals surface area contributed by atoms with Crippen LogP contribution in [-0.2, 0) is 4.79 Å². The topological polar surface area (TPSA) is 55.4 Å². The first-order chi connectivity index (χ1) is 4.33. The quantitative estimate of drug-likeness (QED) is 0.593. The van der Waals surface area contributed by atoms with Crippen molar-refractivity contribution in [3.63, 3.8) is 0 Å². The Balaban J connectivity index is 2.42. The van der Waals surface area contributed by atoms with Gasteiger partial charge in [0.2, 0.25) is 0 Å². The molecule has 0 aromatic rings. The summed E-state index contributed by atoms with van der Waals surface area (Å²) in [5, 5.41) is 0.891. The van der Waals surface area contributed by atoms with Gasteiger partial charge in [-0.3, -0.25) is 4.79 Å². The molecule has 3 nitrogen and oxygen atoms in total. The summed E-state index contributed by atoms with van der Waals surface area (Å²) in [6.07, 6.45) is 0.746. The third-order valence-electron chi connectivity index (χ3n) is 0.970. The third-order valence-corrected chi connectivity index (χ3v) is 1.99. The van der Waals surface area contributed by atoms with Gasteiger partial charge in [0, 0.05) is 6.42 Å². The first-order valence-electron chi connectivity index (χ1n) is 2.76. The predicted molar refractivity (Wildman–Crippen MR) is 38.6 cm³/mol. The highest BCUT2D eigenvalue weighted by molar-refractivity contribution is 8.15. The summed E-state index contributed by atoms with van der Waals surface area (Å²) in [6, 6.07) is 0. The second-order valence-corrected chi connectivity index (χ2v) is 2.78. The van der Waals surface area contributed by atoms with Gasteiger partial charge in [-0.15, -0.1) is 11.8 Å². The van der Waals surface area contributed by atoms with Gasteiger partial charge in [0.15, 0.2) is 0 Å². The normalized spacial score (nSPS) is 18.3. The molecular formula is C5H8N2OS. The third kappa shape index (κ3) is 1.80. The van der Waals surface area contributed by atoms with Crippen molar-refractivity contribution in [2.75, 3.05) is 12.3 Å². The van der Waals surface area contributed by atoms with Crippen LogP contribution in [0.25, 0.3) is 0 Å². The first kappa shape index (κ1) is 6.77. The Bertz CT molecular complexity index is 155. The van der Waals surface area contributed by atoms with Crippen LogP contribution in [0.5, 0.6) is 0 Å². The van der Waals surface area contributed by atoms with Gasteiger partial charge in [0.25, 0.3) is 5.91 Å². The zero-order chi connectivity index (χ0) is 6.69. The standard InChI is InChI=1S/C5H8N2OS/c6-2-1-5-7-4(8)3-9-5/h1-3,6H2. The molecule has 0 bridgehead atoms. The number of thioether (sulfide) groups is 1. The number of hydrogen-bond donors (Lipinski definition) is 1. The summed E-state index contributed by atoms with van der Waals surface area (Å²) < 4.78 is 0. The number of rotatable bonds is 2. The van der Waals surface area contributed by atoms with Gasteiger partial charge in [0.05, 0.1) is 10.8 Å².